The fraction of sp³-hybridized carbons (Fsp3) is 0.222. The highest BCUT2D eigenvalue weighted by Crippen LogP contribution is 2.25. The number of thiazole rings is 1. The molecule has 3 aromatic heterocycles. The van der Waals surface area contributed by atoms with Crippen molar-refractivity contribution >= 4 is 17.4 Å². The molecule has 3 rings (SSSR count). The number of aromatic nitrogens is 3. The lowest BCUT2D eigenvalue weighted by Gasteiger charge is -2.10. The van der Waals surface area contributed by atoms with E-state index < -0.39 is 6.09 Å². The van der Waals surface area contributed by atoms with Crippen molar-refractivity contribution in [3.05, 3.63) is 62.7 Å². The van der Waals surface area contributed by atoms with Gasteiger partial charge in [0.15, 0.2) is 5.75 Å². The molecule has 26 heavy (non-hydrogen) atoms. The smallest absolute Gasteiger partial charge is 0.409 e. The van der Waals surface area contributed by atoms with Crippen LogP contribution in [-0.4, -0.2) is 21.0 Å². The second-order valence-corrected chi connectivity index (χ2v) is 6.57. The van der Waals surface area contributed by atoms with E-state index >= 15 is 0 Å². The number of H-pyrrole nitrogens is 1. The van der Waals surface area contributed by atoms with E-state index in [1.807, 2.05) is 25.3 Å². The maximum atomic E-state index is 11.9. The third-order valence-corrected chi connectivity index (χ3v) is 4.58. The van der Waals surface area contributed by atoms with E-state index in [-0.39, 0.29) is 5.56 Å². The van der Waals surface area contributed by atoms with Crippen LogP contribution in [0.1, 0.15) is 23.2 Å². The Labute approximate surface area is 154 Å². The Morgan fingerprint density at radius 1 is 1.35 bits per heavy atom. The van der Waals surface area contributed by atoms with Gasteiger partial charge in [0, 0.05) is 40.2 Å². The number of hydrogen-bond acceptors (Lipinski definition) is 6. The standard InChI is InChI=1S/C18H18N4O3S/c1-3-12-7-15(11(2)22-17(12)23)13-6-14(9-19-8-13)25-18(24)21-10-16-20-4-5-26-16/h4-9H,3,10H2,1-2H3,(H,21,24)(H,22,23). The molecule has 3 aromatic rings. The van der Waals surface area contributed by atoms with Gasteiger partial charge in [-0.1, -0.05) is 6.92 Å². The number of pyridine rings is 2. The summed E-state index contributed by atoms with van der Waals surface area (Å²) in [6.45, 7) is 4.06. The predicted molar refractivity (Wildman–Crippen MR) is 99.4 cm³/mol. The van der Waals surface area contributed by atoms with Crippen LogP contribution in [0.4, 0.5) is 4.79 Å². The summed E-state index contributed by atoms with van der Waals surface area (Å²) in [5.41, 5.74) is 2.95. The summed E-state index contributed by atoms with van der Waals surface area (Å²) in [4.78, 5) is 34.9. The van der Waals surface area contributed by atoms with Gasteiger partial charge < -0.3 is 15.0 Å². The Bertz CT molecular complexity index is 967. The Hall–Kier alpha value is -3.00. The van der Waals surface area contributed by atoms with E-state index in [2.05, 4.69) is 20.3 Å². The molecular weight excluding hydrogens is 352 g/mol. The van der Waals surface area contributed by atoms with Crippen molar-refractivity contribution in [2.24, 2.45) is 0 Å². The van der Waals surface area contributed by atoms with Crippen molar-refractivity contribution in [3.63, 3.8) is 0 Å². The average molecular weight is 370 g/mol. The molecule has 0 fully saturated rings. The molecule has 134 valence electrons. The molecule has 0 unspecified atom stereocenters. The van der Waals surface area contributed by atoms with Gasteiger partial charge in [-0.05, 0) is 25.5 Å². The van der Waals surface area contributed by atoms with Crippen LogP contribution in [0.25, 0.3) is 11.1 Å². The molecular formula is C18H18N4O3S. The minimum Gasteiger partial charge on any atom is -0.409 e. The first-order valence-corrected chi connectivity index (χ1v) is 8.97. The number of ether oxygens (including phenoxy) is 1. The first-order chi connectivity index (χ1) is 12.6. The normalized spacial score (nSPS) is 10.5. The zero-order valence-corrected chi connectivity index (χ0v) is 15.2. The maximum Gasteiger partial charge on any atom is 0.413 e. The molecule has 0 aliphatic carbocycles. The number of carbonyl (C=O) groups excluding carboxylic acids is 1. The number of aromatic amines is 1. The van der Waals surface area contributed by atoms with Crippen molar-refractivity contribution in [3.8, 4) is 16.9 Å². The fourth-order valence-corrected chi connectivity index (χ4v) is 3.04. The number of rotatable bonds is 5. The van der Waals surface area contributed by atoms with E-state index in [4.69, 9.17) is 4.74 Å². The maximum absolute atomic E-state index is 11.9. The van der Waals surface area contributed by atoms with E-state index in [0.717, 1.165) is 21.8 Å². The Kier molecular flexibility index (Phi) is 5.43. The Morgan fingerprint density at radius 2 is 2.19 bits per heavy atom. The molecule has 0 bridgehead atoms. The number of amides is 1. The summed E-state index contributed by atoms with van der Waals surface area (Å²) in [5.74, 6) is 0.322. The van der Waals surface area contributed by atoms with Gasteiger partial charge in [-0.2, -0.15) is 0 Å². The monoisotopic (exact) mass is 370 g/mol. The van der Waals surface area contributed by atoms with Gasteiger partial charge in [-0.15, -0.1) is 11.3 Å². The summed E-state index contributed by atoms with van der Waals surface area (Å²) >= 11 is 1.45. The minimum atomic E-state index is -0.577. The van der Waals surface area contributed by atoms with E-state index in [0.29, 0.717) is 24.3 Å². The second kappa shape index (κ2) is 7.92. The van der Waals surface area contributed by atoms with Crippen LogP contribution in [-0.2, 0) is 13.0 Å². The van der Waals surface area contributed by atoms with Crippen LogP contribution in [0.3, 0.4) is 0 Å². The van der Waals surface area contributed by atoms with Gasteiger partial charge in [0.05, 0.1) is 12.7 Å². The number of nitrogens with zero attached hydrogens (tertiary/aromatic N) is 2. The number of aryl methyl sites for hydroxylation is 2. The first-order valence-electron chi connectivity index (χ1n) is 8.09. The SMILES string of the molecule is CCc1cc(-c2cncc(OC(=O)NCc3nccs3)c2)c(C)[nH]c1=O. The highest BCUT2D eigenvalue weighted by molar-refractivity contribution is 7.09. The van der Waals surface area contributed by atoms with Crippen molar-refractivity contribution < 1.29 is 9.53 Å². The van der Waals surface area contributed by atoms with Crippen molar-refractivity contribution in [1.82, 2.24) is 20.3 Å². The lowest BCUT2D eigenvalue weighted by Crippen LogP contribution is -2.26. The topological polar surface area (TPSA) is 97.0 Å². The highest BCUT2D eigenvalue weighted by atomic mass is 32.1. The van der Waals surface area contributed by atoms with Gasteiger partial charge in [-0.3, -0.25) is 9.78 Å². The van der Waals surface area contributed by atoms with Gasteiger partial charge in [0.1, 0.15) is 5.01 Å². The van der Waals surface area contributed by atoms with Crippen LogP contribution in [0.2, 0.25) is 0 Å². The summed E-state index contributed by atoms with van der Waals surface area (Å²) in [5, 5.41) is 5.28. The second-order valence-electron chi connectivity index (χ2n) is 5.59. The summed E-state index contributed by atoms with van der Waals surface area (Å²) in [6.07, 6.45) is 4.86. The van der Waals surface area contributed by atoms with Gasteiger partial charge in [0.2, 0.25) is 0 Å². The molecule has 1 amide bonds. The summed E-state index contributed by atoms with van der Waals surface area (Å²) in [7, 11) is 0. The quantitative estimate of drug-likeness (QED) is 0.719. The van der Waals surface area contributed by atoms with Crippen LogP contribution in [0.5, 0.6) is 5.75 Å². The Balaban J connectivity index is 1.76. The molecule has 0 saturated heterocycles. The van der Waals surface area contributed by atoms with Crippen molar-refractivity contribution in [2.75, 3.05) is 0 Å². The Morgan fingerprint density at radius 3 is 2.92 bits per heavy atom. The van der Waals surface area contributed by atoms with Crippen LogP contribution in [0.15, 0.2) is 40.9 Å². The fourth-order valence-electron chi connectivity index (χ4n) is 2.48. The zero-order chi connectivity index (χ0) is 18.5. The van der Waals surface area contributed by atoms with Crippen LogP contribution in [0, 0.1) is 6.92 Å². The zero-order valence-electron chi connectivity index (χ0n) is 14.4. The molecule has 0 radical (unpaired) electrons. The van der Waals surface area contributed by atoms with E-state index in [1.165, 1.54) is 17.5 Å². The number of carbonyl (C=O) groups is 1. The molecule has 0 spiro atoms. The number of hydrogen-bond donors (Lipinski definition) is 2. The summed E-state index contributed by atoms with van der Waals surface area (Å²) in [6, 6.07) is 3.56. The van der Waals surface area contributed by atoms with E-state index in [1.54, 1.807) is 18.5 Å². The molecule has 0 saturated carbocycles. The average Bonchev–Trinajstić information content (AvgIpc) is 3.14. The molecule has 7 nitrogen and oxygen atoms in total. The van der Waals surface area contributed by atoms with Gasteiger partial charge in [0.25, 0.3) is 5.56 Å². The lowest BCUT2D eigenvalue weighted by molar-refractivity contribution is 0.200. The van der Waals surface area contributed by atoms with Crippen LogP contribution < -0.4 is 15.6 Å². The molecule has 8 heteroatoms. The molecule has 0 aliphatic rings. The third-order valence-electron chi connectivity index (χ3n) is 3.80. The molecule has 2 N–H and O–H groups in total. The largest absolute Gasteiger partial charge is 0.413 e. The summed E-state index contributed by atoms with van der Waals surface area (Å²) < 4.78 is 5.29. The molecule has 0 aromatic carbocycles. The lowest BCUT2D eigenvalue weighted by atomic mass is 10.0. The molecule has 3 heterocycles. The predicted octanol–water partition coefficient (Wildman–Crippen LogP) is 3.05. The first kappa shape index (κ1) is 17.8. The van der Waals surface area contributed by atoms with Crippen molar-refractivity contribution in [2.45, 2.75) is 26.8 Å². The van der Waals surface area contributed by atoms with Crippen LogP contribution >= 0.6 is 11.3 Å². The van der Waals surface area contributed by atoms with Crippen molar-refractivity contribution in [1.29, 1.82) is 0 Å². The molecule has 0 atom stereocenters. The number of nitrogens with one attached hydrogen (secondary N) is 2. The van der Waals surface area contributed by atoms with E-state index in [9.17, 15) is 9.59 Å². The third kappa shape index (κ3) is 4.15. The van der Waals surface area contributed by atoms with Gasteiger partial charge >= 0.3 is 6.09 Å². The van der Waals surface area contributed by atoms with Gasteiger partial charge in [-0.25, -0.2) is 9.78 Å². The molecule has 0 aliphatic heterocycles. The highest BCUT2D eigenvalue weighted by Gasteiger charge is 2.10. The minimum absolute atomic E-state index is 0.0873.